The molecule has 6 nitrogen and oxygen atoms in total. The number of ether oxygens (including phenoxy) is 1. The number of hydrogen-bond acceptors (Lipinski definition) is 6. The molecule has 7 heteroatoms. The van der Waals surface area contributed by atoms with E-state index in [4.69, 9.17) is 4.74 Å². The average molecular weight is 445 g/mol. The van der Waals surface area contributed by atoms with Crippen LogP contribution in [-0.4, -0.2) is 48.0 Å². The third-order valence-corrected chi connectivity index (χ3v) is 7.70. The zero-order chi connectivity index (χ0) is 22.5. The summed E-state index contributed by atoms with van der Waals surface area (Å²) in [6.07, 6.45) is 5.89. The maximum Gasteiger partial charge on any atom is 0.313 e. The van der Waals surface area contributed by atoms with Crippen LogP contribution in [0.3, 0.4) is 0 Å². The van der Waals surface area contributed by atoms with Crippen molar-refractivity contribution in [2.24, 2.45) is 4.58 Å². The maximum absolute atomic E-state index is 12.3. The van der Waals surface area contributed by atoms with Crippen molar-refractivity contribution in [1.82, 2.24) is 4.90 Å². The maximum atomic E-state index is 12.3. The summed E-state index contributed by atoms with van der Waals surface area (Å²) in [4.78, 5) is 25.5. The smallest absolute Gasteiger partial charge is 0.313 e. The first-order valence-electron chi connectivity index (χ1n) is 10.8. The van der Waals surface area contributed by atoms with Gasteiger partial charge in [-0.05, 0) is 68.2 Å². The fourth-order valence-corrected chi connectivity index (χ4v) is 5.52. The van der Waals surface area contributed by atoms with Gasteiger partial charge in [0.15, 0.2) is 0 Å². The highest BCUT2D eigenvalue weighted by molar-refractivity contribution is 7.99. The number of carbonyl (C=O) groups is 1. The molecule has 1 fully saturated rings. The van der Waals surface area contributed by atoms with Gasteiger partial charge in [-0.2, -0.15) is 0 Å². The first-order chi connectivity index (χ1) is 14.8. The van der Waals surface area contributed by atoms with Crippen molar-refractivity contribution in [3.05, 3.63) is 46.9 Å². The second-order valence-corrected chi connectivity index (χ2v) is 10.2. The van der Waals surface area contributed by atoms with Crippen molar-refractivity contribution >= 4 is 28.7 Å². The van der Waals surface area contributed by atoms with Gasteiger partial charge in [0.2, 0.25) is 0 Å². The molecule has 0 saturated heterocycles. The summed E-state index contributed by atoms with van der Waals surface area (Å²) in [6, 6.07) is 11.6. The van der Waals surface area contributed by atoms with E-state index in [2.05, 4.69) is 9.48 Å². The van der Waals surface area contributed by atoms with Crippen LogP contribution in [0.4, 0.5) is 0 Å². The molecule has 0 amide bonds. The van der Waals surface area contributed by atoms with Crippen LogP contribution in [0.25, 0.3) is 10.8 Å². The van der Waals surface area contributed by atoms with Crippen LogP contribution >= 0.6 is 11.9 Å². The number of carboxylic acid groups (broad SMARTS) is 1. The Kier molecular flexibility index (Phi) is 7.59. The van der Waals surface area contributed by atoms with Gasteiger partial charge in [0.25, 0.3) is 0 Å². The summed E-state index contributed by atoms with van der Waals surface area (Å²) in [6.45, 7) is 3.17. The summed E-state index contributed by atoms with van der Waals surface area (Å²) in [5.41, 5.74) is -0.208. The first kappa shape index (κ1) is 23.5. The molecule has 1 aliphatic rings. The highest BCUT2D eigenvalue weighted by Gasteiger charge is 2.38. The van der Waals surface area contributed by atoms with Crippen LogP contribution in [0.1, 0.15) is 51.0 Å². The molecule has 168 valence electrons. The number of rotatable bonds is 10. The molecule has 2 aromatic rings. The fraction of sp³-hybridized carbons (Fsp3) is 0.542. The highest BCUT2D eigenvalue weighted by atomic mass is 32.2. The van der Waals surface area contributed by atoms with Crippen LogP contribution in [0, 0.1) is 4.91 Å². The van der Waals surface area contributed by atoms with Crippen molar-refractivity contribution in [2.75, 3.05) is 27.2 Å². The normalized spacial score (nSPS) is 17.9. The monoisotopic (exact) mass is 444 g/mol. The van der Waals surface area contributed by atoms with E-state index in [9.17, 15) is 14.8 Å². The molecule has 0 radical (unpaired) electrons. The minimum atomic E-state index is -1.00. The van der Waals surface area contributed by atoms with Gasteiger partial charge in [-0.3, -0.25) is 4.79 Å². The van der Waals surface area contributed by atoms with Gasteiger partial charge < -0.3 is 14.7 Å². The molecule has 0 heterocycles. The zero-order valence-electron chi connectivity index (χ0n) is 18.6. The molecule has 1 saturated carbocycles. The number of methoxy groups -OCH3 is 1. The minimum absolute atomic E-state index is 0.142. The lowest BCUT2D eigenvalue weighted by molar-refractivity contribution is -0.143. The molecule has 1 atom stereocenters. The van der Waals surface area contributed by atoms with Gasteiger partial charge in [-0.15, -0.1) is 4.91 Å². The van der Waals surface area contributed by atoms with Gasteiger partial charge >= 0.3 is 5.97 Å². The molecule has 31 heavy (non-hydrogen) atoms. The van der Waals surface area contributed by atoms with E-state index in [1.807, 2.05) is 43.4 Å². The lowest BCUT2D eigenvalue weighted by Crippen LogP contribution is -2.43. The van der Waals surface area contributed by atoms with E-state index in [0.717, 1.165) is 54.3 Å². The molecule has 2 aromatic carbocycles. The zero-order valence-corrected chi connectivity index (χ0v) is 19.4. The van der Waals surface area contributed by atoms with Crippen molar-refractivity contribution in [3.63, 3.8) is 0 Å². The van der Waals surface area contributed by atoms with Crippen molar-refractivity contribution in [3.8, 4) is 5.75 Å². The van der Waals surface area contributed by atoms with Gasteiger partial charge in [0.1, 0.15) is 5.75 Å². The largest absolute Gasteiger partial charge is 0.497 e. The Balaban J connectivity index is 1.75. The molecular formula is C24H32N2O4S. The summed E-state index contributed by atoms with van der Waals surface area (Å²) < 4.78 is 8.29. The molecular weight excluding hydrogens is 412 g/mol. The van der Waals surface area contributed by atoms with E-state index >= 15 is 0 Å². The van der Waals surface area contributed by atoms with Gasteiger partial charge in [0.05, 0.1) is 17.3 Å². The lowest BCUT2D eigenvalue weighted by Gasteiger charge is -2.38. The Morgan fingerprint density at radius 1 is 1.19 bits per heavy atom. The first-order valence-corrected chi connectivity index (χ1v) is 11.6. The predicted molar refractivity (Wildman–Crippen MR) is 127 cm³/mol. The predicted octanol–water partition coefficient (Wildman–Crippen LogP) is 5.63. The minimum Gasteiger partial charge on any atom is -0.497 e. The Hall–Kier alpha value is -2.12. The van der Waals surface area contributed by atoms with Gasteiger partial charge in [-0.1, -0.05) is 43.5 Å². The van der Waals surface area contributed by atoms with Crippen LogP contribution < -0.4 is 4.74 Å². The highest BCUT2D eigenvalue weighted by Crippen LogP contribution is 2.41. The van der Waals surface area contributed by atoms with E-state index in [-0.39, 0.29) is 4.75 Å². The summed E-state index contributed by atoms with van der Waals surface area (Å²) in [7, 11) is 3.64. The van der Waals surface area contributed by atoms with E-state index < -0.39 is 11.4 Å². The number of nitroso groups, excluding NO2 is 1. The average Bonchev–Trinajstić information content (AvgIpc) is 2.77. The number of hydrogen-bond donors (Lipinski definition) is 1. The Bertz CT molecular complexity index is 929. The summed E-state index contributed by atoms with van der Waals surface area (Å²) in [5.74, 6) is -0.0488. The SMILES string of the molecule is COc1ccc2cc([C@](C)(CCN(C)CC3(SN=O)CCCCC3)C(=O)O)ccc2c1. The molecule has 3 rings (SSSR count). The molecule has 0 spiro atoms. The summed E-state index contributed by atoms with van der Waals surface area (Å²) >= 11 is 1.17. The van der Waals surface area contributed by atoms with Crippen molar-refractivity contribution in [2.45, 2.75) is 55.6 Å². The third kappa shape index (κ3) is 5.39. The Morgan fingerprint density at radius 3 is 2.52 bits per heavy atom. The third-order valence-electron chi connectivity index (χ3n) is 6.70. The fourth-order valence-electron chi connectivity index (χ4n) is 4.61. The van der Waals surface area contributed by atoms with E-state index in [1.54, 1.807) is 14.0 Å². The molecule has 0 bridgehead atoms. The van der Waals surface area contributed by atoms with Gasteiger partial charge in [0, 0.05) is 23.1 Å². The van der Waals surface area contributed by atoms with Crippen molar-refractivity contribution < 1.29 is 14.6 Å². The number of benzene rings is 2. The Morgan fingerprint density at radius 2 is 1.87 bits per heavy atom. The molecule has 1 N–H and O–H groups in total. The number of fused-ring (bicyclic) bond motifs is 1. The second-order valence-electron chi connectivity index (χ2n) is 8.96. The molecule has 0 unspecified atom stereocenters. The quantitative estimate of drug-likeness (QED) is 0.378. The Labute approximate surface area is 188 Å². The molecule has 1 aliphatic carbocycles. The number of aliphatic carboxylic acids is 1. The van der Waals surface area contributed by atoms with Crippen LogP contribution in [0.5, 0.6) is 5.75 Å². The molecule has 0 aliphatic heterocycles. The number of carboxylic acids is 1. The second kappa shape index (κ2) is 10.0. The van der Waals surface area contributed by atoms with E-state index in [0.29, 0.717) is 13.0 Å². The summed E-state index contributed by atoms with van der Waals surface area (Å²) in [5, 5.41) is 12.1. The van der Waals surface area contributed by atoms with Gasteiger partial charge in [-0.25, -0.2) is 0 Å². The standard InChI is InChI=1S/C24H32N2O4S/c1-23(22(27)28,20-9-7-19-16-21(30-3)10-8-18(19)15-20)13-14-26(2)17-24(31-25-29)11-5-4-6-12-24/h7-10,15-16H,4-6,11-14,17H2,1-3H3,(H,27,28)/t23-/m0/s1. The van der Waals surface area contributed by atoms with Crippen molar-refractivity contribution in [1.29, 1.82) is 0 Å². The van der Waals surface area contributed by atoms with Crippen LogP contribution in [0.2, 0.25) is 0 Å². The van der Waals surface area contributed by atoms with Crippen LogP contribution in [0.15, 0.2) is 41.0 Å². The topological polar surface area (TPSA) is 79.2 Å². The molecule has 0 aromatic heterocycles. The lowest BCUT2D eigenvalue weighted by atomic mass is 9.78. The van der Waals surface area contributed by atoms with E-state index in [1.165, 1.54) is 18.4 Å². The van der Waals surface area contributed by atoms with Crippen LogP contribution in [-0.2, 0) is 10.2 Å². The number of nitrogens with zero attached hydrogens (tertiary/aromatic N) is 2.